The molecule has 21 heavy (non-hydrogen) atoms. The molecule has 0 aromatic heterocycles. The standard InChI is InChI=1S/C14H20N2O4S/c1-16(21(18,19)15-8-10-20-2)12-14-6-3-5-13(11-14)7-4-9-17/h3,5-6,11,15,17H,8-10,12H2,1-2H3. The van der Waals surface area contributed by atoms with Crippen LogP contribution in [0.1, 0.15) is 11.1 Å². The number of ether oxygens (including phenoxy) is 1. The van der Waals surface area contributed by atoms with Crippen molar-refractivity contribution in [2.24, 2.45) is 0 Å². The second-order valence-corrected chi connectivity index (χ2v) is 6.17. The number of methoxy groups -OCH3 is 1. The molecule has 0 saturated carbocycles. The van der Waals surface area contributed by atoms with Crippen molar-refractivity contribution in [3.63, 3.8) is 0 Å². The quantitative estimate of drug-likeness (QED) is 0.546. The van der Waals surface area contributed by atoms with E-state index in [0.29, 0.717) is 6.61 Å². The first-order valence-electron chi connectivity index (χ1n) is 6.38. The lowest BCUT2D eigenvalue weighted by atomic mass is 10.1. The van der Waals surface area contributed by atoms with Crippen molar-refractivity contribution in [2.75, 3.05) is 33.9 Å². The van der Waals surface area contributed by atoms with E-state index >= 15 is 0 Å². The van der Waals surface area contributed by atoms with E-state index in [1.54, 1.807) is 18.2 Å². The molecule has 0 spiro atoms. The van der Waals surface area contributed by atoms with Crippen LogP contribution in [0.5, 0.6) is 0 Å². The molecule has 0 heterocycles. The lowest BCUT2D eigenvalue weighted by molar-refractivity contribution is 0.204. The topological polar surface area (TPSA) is 78.9 Å². The zero-order valence-corrected chi connectivity index (χ0v) is 13.0. The average Bonchev–Trinajstić information content (AvgIpc) is 2.45. The third-order valence-electron chi connectivity index (χ3n) is 2.64. The maximum Gasteiger partial charge on any atom is 0.279 e. The summed E-state index contributed by atoms with van der Waals surface area (Å²) < 4.78 is 32.4. The molecule has 0 aliphatic heterocycles. The Bertz CT molecular complexity index is 605. The number of aliphatic hydroxyl groups excluding tert-OH is 1. The third kappa shape index (κ3) is 6.25. The van der Waals surface area contributed by atoms with Crippen molar-refractivity contribution < 1.29 is 18.3 Å². The zero-order valence-electron chi connectivity index (χ0n) is 12.2. The molecule has 0 aliphatic rings. The van der Waals surface area contributed by atoms with Crippen LogP contribution in [0, 0.1) is 11.8 Å². The number of benzene rings is 1. The lowest BCUT2D eigenvalue weighted by Gasteiger charge is -2.17. The van der Waals surface area contributed by atoms with Gasteiger partial charge in [-0.05, 0) is 17.7 Å². The molecular formula is C14H20N2O4S. The Labute approximate surface area is 125 Å². The maximum absolute atomic E-state index is 12.0. The predicted octanol–water partition coefficient (Wildman–Crippen LogP) is -0.0570. The number of hydrogen-bond donors (Lipinski definition) is 2. The van der Waals surface area contributed by atoms with E-state index in [1.165, 1.54) is 18.5 Å². The van der Waals surface area contributed by atoms with Gasteiger partial charge >= 0.3 is 0 Å². The molecule has 116 valence electrons. The summed E-state index contributed by atoms with van der Waals surface area (Å²) in [6.45, 7) is 0.573. The summed E-state index contributed by atoms with van der Waals surface area (Å²) in [5, 5.41) is 8.67. The van der Waals surface area contributed by atoms with Gasteiger partial charge in [-0.1, -0.05) is 24.0 Å². The largest absolute Gasteiger partial charge is 0.384 e. The first-order chi connectivity index (χ1) is 9.99. The Hall–Kier alpha value is -1.43. The van der Waals surface area contributed by atoms with E-state index in [2.05, 4.69) is 16.6 Å². The molecule has 6 nitrogen and oxygen atoms in total. The summed E-state index contributed by atoms with van der Waals surface area (Å²) in [6, 6.07) is 7.22. The number of nitrogens with zero attached hydrogens (tertiary/aromatic N) is 1. The van der Waals surface area contributed by atoms with Crippen molar-refractivity contribution >= 4 is 10.2 Å². The summed E-state index contributed by atoms with van der Waals surface area (Å²) in [7, 11) is -0.521. The Kier molecular flexibility index (Phi) is 7.36. The Morgan fingerprint density at radius 2 is 2.19 bits per heavy atom. The van der Waals surface area contributed by atoms with Crippen LogP contribution in [-0.2, 0) is 21.5 Å². The number of nitrogens with one attached hydrogen (secondary N) is 1. The molecule has 0 amide bonds. The number of aliphatic hydroxyl groups is 1. The molecule has 0 radical (unpaired) electrons. The van der Waals surface area contributed by atoms with E-state index < -0.39 is 10.2 Å². The van der Waals surface area contributed by atoms with Crippen molar-refractivity contribution in [3.8, 4) is 11.8 Å². The molecule has 0 atom stereocenters. The van der Waals surface area contributed by atoms with Crippen molar-refractivity contribution in [1.82, 2.24) is 9.03 Å². The van der Waals surface area contributed by atoms with E-state index in [-0.39, 0.29) is 19.7 Å². The van der Waals surface area contributed by atoms with E-state index in [1.807, 2.05) is 6.07 Å². The molecule has 0 fully saturated rings. The molecule has 7 heteroatoms. The van der Waals surface area contributed by atoms with Crippen LogP contribution in [0.2, 0.25) is 0 Å². The molecule has 1 aromatic rings. The van der Waals surface area contributed by atoms with Crippen LogP contribution in [0.4, 0.5) is 0 Å². The van der Waals surface area contributed by atoms with Crippen molar-refractivity contribution in [2.45, 2.75) is 6.54 Å². The van der Waals surface area contributed by atoms with Gasteiger partial charge in [0.25, 0.3) is 10.2 Å². The van der Waals surface area contributed by atoms with Crippen LogP contribution in [-0.4, -0.2) is 51.7 Å². The zero-order chi connectivity index (χ0) is 15.7. The molecule has 0 saturated heterocycles. The molecular weight excluding hydrogens is 292 g/mol. The summed E-state index contributed by atoms with van der Waals surface area (Å²) in [5.74, 6) is 5.35. The SMILES string of the molecule is COCCNS(=O)(=O)N(C)Cc1cccc(C#CCO)c1. The van der Waals surface area contributed by atoms with Gasteiger partial charge in [-0.3, -0.25) is 0 Å². The predicted molar refractivity (Wildman–Crippen MR) is 80.7 cm³/mol. The third-order valence-corrected chi connectivity index (χ3v) is 4.16. The van der Waals surface area contributed by atoms with Gasteiger partial charge in [-0.15, -0.1) is 0 Å². The van der Waals surface area contributed by atoms with E-state index in [0.717, 1.165) is 11.1 Å². The van der Waals surface area contributed by atoms with Crippen molar-refractivity contribution in [1.29, 1.82) is 0 Å². The summed E-state index contributed by atoms with van der Waals surface area (Å²) >= 11 is 0. The van der Waals surface area contributed by atoms with Crippen LogP contribution >= 0.6 is 0 Å². The Balaban J connectivity index is 2.71. The number of hydrogen-bond acceptors (Lipinski definition) is 4. The molecule has 0 aliphatic carbocycles. The monoisotopic (exact) mass is 312 g/mol. The van der Waals surface area contributed by atoms with Gasteiger partial charge in [-0.2, -0.15) is 17.4 Å². The van der Waals surface area contributed by atoms with Crippen LogP contribution in [0.15, 0.2) is 24.3 Å². The molecule has 1 aromatic carbocycles. The second kappa shape index (κ2) is 8.77. The van der Waals surface area contributed by atoms with Gasteiger partial charge in [0, 0.05) is 32.8 Å². The molecule has 1 rings (SSSR count). The highest BCUT2D eigenvalue weighted by Crippen LogP contribution is 2.08. The van der Waals surface area contributed by atoms with Crippen LogP contribution in [0.25, 0.3) is 0 Å². The van der Waals surface area contributed by atoms with Gasteiger partial charge in [0.2, 0.25) is 0 Å². The summed E-state index contributed by atoms with van der Waals surface area (Å²) in [5.41, 5.74) is 1.55. The summed E-state index contributed by atoms with van der Waals surface area (Å²) in [4.78, 5) is 0. The maximum atomic E-state index is 12.0. The fourth-order valence-electron chi connectivity index (χ4n) is 1.61. The molecule has 0 unspecified atom stereocenters. The van der Waals surface area contributed by atoms with Gasteiger partial charge in [0.15, 0.2) is 0 Å². The second-order valence-electron chi connectivity index (χ2n) is 4.31. The van der Waals surface area contributed by atoms with Gasteiger partial charge < -0.3 is 9.84 Å². The Morgan fingerprint density at radius 1 is 1.43 bits per heavy atom. The Morgan fingerprint density at radius 3 is 2.86 bits per heavy atom. The van der Waals surface area contributed by atoms with E-state index in [4.69, 9.17) is 9.84 Å². The highest BCUT2D eigenvalue weighted by atomic mass is 32.2. The smallest absolute Gasteiger partial charge is 0.279 e. The highest BCUT2D eigenvalue weighted by Gasteiger charge is 2.16. The average molecular weight is 312 g/mol. The minimum atomic E-state index is -3.53. The van der Waals surface area contributed by atoms with Gasteiger partial charge in [0.1, 0.15) is 6.61 Å². The number of rotatable bonds is 7. The fourth-order valence-corrected chi connectivity index (χ4v) is 2.49. The summed E-state index contributed by atoms with van der Waals surface area (Å²) in [6.07, 6.45) is 0. The van der Waals surface area contributed by atoms with Crippen LogP contribution in [0.3, 0.4) is 0 Å². The van der Waals surface area contributed by atoms with Gasteiger partial charge in [0.05, 0.1) is 6.61 Å². The normalized spacial score (nSPS) is 11.2. The molecule has 0 bridgehead atoms. The first-order valence-corrected chi connectivity index (χ1v) is 7.82. The minimum absolute atomic E-state index is 0.206. The van der Waals surface area contributed by atoms with Gasteiger partial charge in [-0.25, -0.2) is 0 Å². The highest BCUT2D eigenvalue weighted by molar-refractivity contribution is 7.87. The minimum Gasteiger partial charge on any atom is -0.384 e. The van der Waals surface area contributed by atoms with Crippen molar-refractivity contribution in [3.05, 3.63) is 35.4 Å². The lowest BCUT2D eigenvalue weighted by Crippen LogP contribution is -2.39. The van der Waals surface area contributed by atoms with Crippen LogP contribution < -0.4 is 4.72 Å². The van der Waals surface area contributed by atoms with E-state index in [9.17, 15) is 8.42 Å². The molecule has 2 N–H and O–H groups in total. The fraction of sp³-hybridized carbons (Fsp3) is 0.429. The first kappa shape index (κ1) is 17.6.